The molecule has 0 bridgehead atoms. The predicted molar refractivity (Wildman–Crippen MR) is 61.6 cm³/mol. The fourth-order valence-corrected chi connectivity index (χ4v) is 2.09. The van der Waals surface area contributed by atoms with Crippen LogP contribution in [0.3, 0.4) is 0 Å². The van der Waals surface area contributed by atoms with Gasteiger partial charge in [-0.3, -0.25) is 0 Å². The highest BCUT2D eigenvalue weighted by molar-refractivity contribution is 8.29. The maximum Gasteiger partial charge on any atom is 0.173 e. The van der Waals surface area contributed by atoms with Crippen LogP contribution in [0.2, 0.25) is 0 Å². The van der Waals surface area contributed by atoms with Gasteiger partial charge in [-0.2, -0.15) is 0 Å². The Morgan fingerprint density at radius 2 is 2.07 bits per heavy atom. The molecule has 14 heavy (non-hydrogen) atoms. The van der Waals surface area contributed by atoms with Gasteiger partial charge in [0.15, 0.2) is 8.77 Å². The van der Waals surface area contributed by atoms with E-state index in [1.807, 2.05) is 19.0 Å². The standard InChI is InChI=1S/C8H12N2O2S2/c1-10(2)6-3-4-7(9)8(5-6)14(11,12)13/h3-5H,9H2,1-2H3,(H,11,12,13). The zero-order valence-electron chi connectivity index (χ0n) is 7.93. The first-order valence-electron chi connectivity index (χ1n) is 3.86. The van der Waals surface area contributed by atoms with Gasteiger partial charge < -0.3 is 15.2 Å². The van der Waals surface area contributed by atoms with Crippen molar-refractivity contribution in [1.29, 1.82) is 0 Å². The molecule has 0 saturated carbocycles. The van der Waals surface area contributed by atoms with E-state index in [4.69, 9.17) is 5.73 Å². The van der Waals surface area contributed by atoms with Crippen LogP contribution in [0.25, 0.3) is 0 Å². The van der Waals surface area contributed by atoms with Crippen molar-refractivity contribution in [3.8, 4) is 0 Å². The van der Waals surface area contributed by atoms with Crippen LogP contribution >= 0.6 is 0 Å². The van der Waals surface area contributed by atoms with Crippen LogP contribution in [0.4, 0.5) is 11.4 Å². The van der Waals surface area contributed by atoms with Gasteiger partial charge in [0, 0.05) is 31.0 Å². The summed E-state index contributed by atoms with van der Waals surface area (Å²) in [4.78, 5) is 1.92. The number of nitrogen functional groups attached to an aromatic ring is 1. The summed E-state index contributed by atoms with van der Waals surface area (Å²) in [7, 11) is 0.255. The Morgan fingerprint density at radius 3 is 2.50 bits per heavy atom. The first-order chi connectivity index (χ1) is 6.32. The third-order valence-electron chi connectivity index (χ3n) is 1.79. The number of nitrogens with zero attached hydrogens (tertiary/aromatic N) is 1. The molecule has 0 radical (unpaired) electrons. The van der Waals surface area contributed by atoms with Crippen molar-refractivity contribution in [3.63, 3.8) is 0 Å². The summed E-state index contributed by atoms with van der Waals surface area (Å²) in [5.41, 5.74) is 6.59. The summed E-state index contributed by atoms with van der Waals surface area (Å²) in [5, 5.41) is 0. The number of hydrogen-bond donors (Lipinski definition) is 2. The lowest BCUT2D eigenvalue weighted by Gasteiger charge is -2.14. The average molecular weight is 232 g/mol. The molecular weight excluding hydrogens is 220 g/mol. The number of hydrogen-bond acceptors (Lipinski definition) is 4. The predicted octanol–water partition coefficient (Wildman–Crippen LogP) is 0.913. The summed E-state index contributed by atoms with van der Waals surface area (Å²) < 4.78 is 20.5. The minimum Gasteiger partial charge on any atom is -0.398 e. The second-order valence-electron chi connectivity index (χ2n) is 3.09. The van der Waals surface area contributed by atoms with Gasteiger partial charge in [-0.05, 0) is 18.2 Å². The summed E-state index contributed by atoms with van der Waals surface area (Å²) in [6.45, 7) is 0. The molecule has 0 amide bonds. The molecule has 0 fully saturated rings. The molecule has 1 unspecified atom stereocenters. The summed E-state index contributed by atoms with van der Waals surface area (Å²) in [6.07, 6.45) is 0. The Hall–Kier alpha value is -0.850. The molecule has 0 aromatic heterocycles. The minimum absolute atomic E-state index is 0.110. The van der Waals surface area contributed by atoms with Crippen LogP contribution in [0.1, 0.15) is 0 Å². The molecule has 1 atom stereocenters. The summed E-state index contributed by atoms with van der Waals surface area (Å²) in [5.74, 6) is 0. The lowest BCUT2D eigenvalue weighted by molar-refractivity contribution is 0.562. The molecule has 0 aliphatic carbocycles. The second kappa shape index (κ2) is 3.72. The largest absolute Gasteiger partial charge is 0.398 e. The number of benzene rings is 1. The molecule has 1 aromatic carbocycles. The topological polar surface area (TPSA) is 66.6 Å². The number of nitrogens with two attached hydrogens (primary N) is 1. The van der Waals surface area contributed by atoms with Crippen LogP contribution < -0.4 is 10.6 Å². The molecule has 78 valence electrons. The Labute approximate surface area is 88.2 Å². The van der Waals surface area contributed by atoms with Crippen molar-refractivity contribution in [1.82, 2.24) is 0 Å². The lowest BCUT2D eigenvalue weighted by Crippen LogP contribution is -2.10. The quantitative estimate of drug-likeness (QED) is 0.742. The molecule has 4 nitrogen and oxygen atoms in total. The van der Waals surface area contributed by atoms with E-state index in [2.05, 4.69) is 11.2 Å². The first-order valence-corrected chi connectivity index (χ1v) is 6.30. The Kier molecular flexibility index (Phi) is 2.98. The van der Waals surface area contributed by atoms with Crippen LogP contribution in [-0.2, 0) is 20.0 Å². The second-order valence-corrected chi connectivity index (χ2v) is 5.84. The van der Waals surface area contributed by atoms with E-state index in [1.54, 1.807) is 12.1 Å². The maximum atomic E-state index is 11.3. The minimum atomic E-state index is -3.41. The van der Waals surface area contributed by atoms with Crippen molar-refractivity contribution in [2.24, 2.45) is 0 Å². The Morgan fingerprint density at radius 1 is 1.50 bits per heavy atom. The van der Waals surface area contributed by atoms with Gasteiger partial charge in [0.1, 0.15) is 0 Å². The van der Waals surface area contributed by atoms with Crippen LogP contribution in [-0.4, -0.2) is 22.9 Å². The van der Waals surface area contributed by atoms with Crippen molar-refractivity contribution in [2.45, 2.75) is 4.90 Å². The Balaban J connectivity index is 3.37. The van der Waals surface area contributed by atoms with E-state index in [9.17, 15) is 8.76 Å². The van der Waals surface area contributed by atoms with Gasteiger partial charge in [0.25, 0.3) is 0 Å². The molecule has 0 spiro atoms. The van der Waals surface area contributed by atoms with Gasteiger partial charge in [-0.1, -0.05) is 0 Å². The van der Waals surface area contributed by atoms with Crippen molar-refractivity contribution < 1.29 is 8.76 Å². The molecule has 3 N–H and O–H groups in total. The maximum absolute atomic E-state index is 11.3. The number of rotatable bonds is 2. The monoisotopic (exact) mass is 232 g/mol. The van der Waals surface area contributed by atoms with E-state index in [1.165, 1.54) is 6.07 Å². The molecule has 0 heterocycles. The van der Waals surface area contributed by atoms with Crippen molar-refractivity contribution in [2.75, 3.05) is 24.7 Å². The lowest BCUT2D eigenvalue weighted by atomic mass is 10.3. The number of anilines is 2. The van der Waals surface area contributed by atoms with Crippen molar-refractivity contribution in [3.05, 3.63) is 18.2 Å². The molecule has 0 aliphatic heterocycles. The molecular formula is C8H12N2O2S2. The van der Waals surface area contributed by atoms with E-state index in [0.29, 0.717) is 0 Å². The third kappa shape index (κ3) is 2.34. The average Bonchev–Trinajstić information content (AvgIpc) is 2.02. The van der Waals surface area contributed by atoms with E-state index < -0.39 is 8.77 Å². The fourth-order valence-electron chi connectivity index (χ4n) is 1.02. The summed E-state index contributed by atoms with van der Waals surface area (Å²) in [6, 6.07) is 4.87. The zero-order chi connectivity index (χ0) is 10.9. The molecule has 0 aliphatic rings. The Bertz CT molecular complexity index is 441. The highest BCUT2D eigenvalue weighted by Gasteiger charge is 2.11. The van der Waals surface area contributed by atoms with Crippen LogP contribution in [0.15, 0.2) is 23.1 Å². The smallest absolute Gasteiger partial charge is 0.173 e. The van der Waals surface area contributed by atoms with Gasteiger partial charge in [0.2, 0.25) is 0 Å². The van der Waals surface area contributed by atoms with Crippen molar-refractivity contribution >= 4 is 31.3 Å². The molecule has 6 heteroatoms. The molecule has 1 rings (SSSR count). The van der Waals surface area contributed by atoms with Crippen LogP contribution in [0.5, 0.6) is 0 Å². The fraction of sp³-hybridized carbons (Fsp3) is 0.250. The van der Waals surface area contributed by atoms with Gasteiger partial charge in [-0.25, -0.2) is 4.21 Å². The van der Waals surface area contributed by atoms with Gasteiger partial charge >= 0.3 is 0 Å². The van der Waals surface area contributed by atoms with Gasteiger partial charge in [-0.15, -0.1) is 0 Å². The van der Waals surface area contributed by atoms with E-state index in [0.717, 1.165) is 5.69 Å². The highest BCUT2D eigenvalue weighted by atomic mass is 32.8. The zero-order valence-corrected chi connectivity index (χ0v) is 9.56. The first kappa shape index (κ1) is 11.2. The van der Waals surface area contributed by atoms with Gasteiger partial charge in [0.05, 0.1) is 10.6 Å². The van der Waals surface area contributed by atoms with E-state index in [-0.39, 0.29) is 10.6 Å². The normalized spacial score (nSPS) is 14.8. The van der Waals surface area contributed by atoms with Crippen LogP contribution in [0, 0.1) is 0 Å². The molecule has 1 aromatic rings. The third-order valence-corrected chi connectivity index (χ3v) is 3.24. The summed E-state index contributed by atoms with van der Waals surface area (Å²) >= 11 is 4.47. The molecule has 0 saturated heterocycles. The highest BCUT2D eigenvalue weighted by Crippen LogP contribution is 2.23. The SMILES string of the molecule is CN(C)c1ccc(N)c(S(=O)(O)=S)c1. The van der Waals surface area contributed by atoms with E-state index >= 15 is 0 Å².